The minimum atomic E-state index is 0.0772. The first kappa shape index (κ1) is 18.6. The summed E-state index contributed by atoms with van der Waals surface area (Å²) in [6.45, 7) is 5.38. The smallest absolute Gasteiger partial charge is 0.174 e. The molecule has 4 nitrogen and oxygen atoms in total. The molecule has 0 saturated heterocycles. The predicted molar refractivity (Wildman–Crippen MR) is 104 cm³/mol. The number of pyridine rings is 1. The van der Waals surface area contributed by atoms with Crippen LogP contribution in [0.4, 0.5) is 5.69 Å². The van der Waals surface area contributed by atoms with Crippen molar-refractivity contribution in [2.75, 3.05) is 25.6 Å². The van der Waals surface area contributed by atoms with Gasteiger partial charge in [-0.1, -0.05) is 23.7 Å². The molecule has 24 heavy (non-hydrogen) atoms. The van der Waals surface area contributed by atoms with Crippen LogP contribution in [0.2, 0.25) is 5.02 Å². The molecule has 0 saturated carbocycles. The van der Waals surface area contributed by atoms with Gasteiger partial charge >= 0.3 is 0 Å². The van der Waals surface area contributed by atoms with Gasteiger partial charge in [-0.25, -0.2) is 0 Å². The largest absolute Gasteiger partial charge is 0.383 e. The van der Waals surface area contributed by atoms with Crippen molar-refractivity contribution in [3.8, 4) is 0 Å². The summed E-state index contributed by atoms with van der Waals surface area (Å²) in [6, 6.07) is 9.77. The number of hydrogen-bond acceptors (Lipinski definition) is 3. The summed E-state index contributed by atoms with van der Waals surface area (Å²) in [6.07, 6.45) is 3.62. The zero-order valence-corrected chi connectivity index (χ0v) is 15.7. The standard InChI is InChI=1S/C18H22ClN3OS/c1-13-6-7-16(19)11-17(13)21-18(24)22(9-10-23-3)14(2)15-5-4-8-20-12-15/h4-8,11-12,14H,9-10H2,1-3H3,(H,21,24)/t14-/m1/s1. The fraction of sp³-hybridized carbons (Fsp3) is 0.333. The van der Waals surface area contributed by atoms with E-state index in [1.54, 1.807) is 13.3 Å². The van der Waals surface area contributed by atoms with Crippen molar-refractivity contribution in [2.45, 2.75) is 19.9 Å². The molecule has 128 valence electrons. The molecule has 1 heterocycles. The number of hydrogen-bond donors (Lipinski definition) is 1. The van der Waals surface area contributed by atoms with E-state index in [1.807, 2.05) is 43.5 Å². The Kier molecular flexibility index (Phi) is 6.97. The zero-order chi connectivity index (χ0) is 17.5. The molecule has 0 aliphatic carbocycles. The Labute approximate surface area is 153 Å². The van der Waals surface area contributed by atoms with Crippen molar-refractivity contribution >= 4 is 34.6 Å². The number of nitrogens with zero attached hydrogens (tertiary/aromatic N) is 2. The van der Waals surface area contributed by atoms with Gasteiger partial charge in [0.15, 0.2) is 5.11 Å². The van der Waals surface area contributed by atoms with Gasteiger partial charge in [0, 0.05) is 36.8 Å². The first-order valence-electron chi connectivity index (χ1n) is 7.75. The molecule has 2 aromatic rings. The summed E-state index contributed by atoms with van der Waals surface area (Å²) < 4.78 is 5.24. The molecule has 0 amide bonds. The van der Waals surface area contributed by atoms with Crippen LogP contribution in [-0.2, 0) is 4.74 Å². The Morgan fingerprint density at radius 1 is 1.42 bits per heavy atom. The Bertz CT molecular complexity index is 681. The van der Waals surface area contributed by atoms with Crippen molar-refractivity contribution in [2.24, 2.45) is 0 Å². The van der Waals surface area contributed by atoms with Crippen molar-refractivity contribution < 1.29 is 4.74 Å². The van der Waals surface area contributed by atoms with Gasteiger partial charge in [0.25, 0.3) is 0 Å². The fourth-order valence-corrected chi connectivity index (χ4v) is 2.91. The van der Waals surface area contributed by atoms with E-state index in [1.165, 1.54) is 0 Å². The third-order valence-corrected chi connectivity index (χ3v) is 4.44. The normalized spacial score (nSPS) is 11.8. The summed E-state index contributed by atoms with van der Waals surface area (Å²) in [5.74, 6) is 0. The van der Waals surface area contributed by atoms with E-state index in [9.17, 15) is 0 Å². The third-order valence-electron chi connectivity index (χ3n) is 3.87. The maximum atomic E-state index is 6.10. The SMILES string of the molecule is COCCN(C(=S)Nc1cc(Cl)ccc1C)[C@H](C)c1cccnc1. The lowest BCUT2D eigenvalue weighted by atomic mass is 10.1. The molecule has 0 fully saturated rings. The summed E-state index contributed by atoms with van der Waals surface area (Å²) in [5.41, 5.74) is 3.09. The average Bonchev–Trinajstić information content (AvgIpc) is 2.59. The minimum Gasteiger partial charge on any atom is -0.383 e. The van der Waals surface area contributed by atoms with Crippen LogP contribution < -0.4 is 5.32 Å². The molecule has 1 atom stereocenters. The lowest BCUT2D eigenvalue weighted by molar-refractivity contribution is 0.165. The van der Waals surface area contributed by atoms with Gasteiger partial charge in [-0.2, -0.15) is 0 Å². The van der Waals surface area contributed by atoms with E-state index in [4.69, 9.17) is 28.6 Å². The van der Waals surface area contributed by atoms with E-state index in [-0.39, 0.29) is 6.04 Å². The molecule has 0 radical (unpaired) electrons. The summed E-state index contributed by atoms with van der Waals surface area (Å²) in [7, 11) is 1.69. The molecule has 0 aliphatic heterocycles. The summed E-state index contributed by atoms with van der Waals surface area (Å²) >= 11 is 11.7. The first-order valence-corrected chi connectivity index (χ1v) is 8.54. The molecule has 1 N–H and O–H groups in total. The summed E-state index contributed by atoms with van der Waals surface area (Å²) in [5, 5.41) is 4.62. The highest BCUT2D eigenvalue weighted by Gasteiger charge is 2.19. The number of methoxy groups -OCH3 is 1. The number of benzene rings is 1. The topological polar surface area (TPSA) is 37.4 Å². The second-order valence-electron chi connectivity index (χ2n) is 5.54. The highest BCUT2D eigenvalue weighted by Crippen LogP contribution is 2.24. The monoisotopic (exact) mass is 363 g/mol. The van der Waals surface area contributed by atoms with Crippen LogP contribution in [0, 0.1) is 6.92 Å². The van der Waals surface area contributed by atoms with Crippen LogP contribution in [0.1, 0.15) is 24.1 Å². The molecule has 6 heteroatoms. The van der Waals surface area contributed by atoms with Crippen LogP contribution in [0.15, 0.2) is 42.7 Å². The van der Waals surface area contributed by atoms with Gasteiger partial charge in [0.2, 0.25) is 0 Å². The van der Waals surface area contributed by atoms with Gasteiger partial charge in [-0.3, -0.25) is 4.98 Å². The highest BCUT2D eigenvalue weighted by molar-refractivity contribution is 7.80. The average molecular weight is 364 g/mol. The quantitative estimate of drug-likeness (QED) is 0.767. The molecule has 0 unspecified atom stereocenters. The number of halogens is 1. The predicted octanol–water partition coefficient (Wildman–Crippen LogP) is 4.45. The second-order valence-corrected chi connectivity index (χ2v) is 6.36. The van der Waals surface area contributed by atoms with E-state index >= 15 is 0 Å². The highest BCUT2D eigenvalue weighted by atomic mass is 35.5. The molecule has 0 spiro atoms. The van der Waals surface area contributed by atoms with Crippen molar-refractivity contribution in [1.29, 1.82) is 0 Å². The van der Waals surface area contributed by atoms with Crippen LogP contribution in [0.3, 0.4) is 0 Å². The van der Waals surface area contributed by atoms with Crippen LogP contribution in [0.5, 0.6) is 0 Å². The third kappa shape index (κ3) is 4.90. The maximum Gasteiger partial charge on any atom is 0.174 e. The van der Waals surface area contributed by atoms with Crippen molar-refractivity contribution in [3.63, 3.8) is 0 Å². The van der Waals surface area contributed by atoms with Crippen LogP contribution in [0.25, 0.3) is 0 Å². The van der Waals surface area contributed by atoms with Crippen molar-refractivity contribution in [3.05, 3.63) is 58.9 Å². The number of ether oxygens (including phenoxy) is 1. The minimum absolute atomic E-state index is 0.0772. The van der Waals surface area contributed by atoms with Crippen molar-refractivity contribution in [1.82, 2.24) is 9.88 Å². The Morgan fingerprint density at radius 2 is 2.21 bits per heavy atom. The van der Waals surface area contributed by atoms with Gasteiger partial charge in [0.05, 0.1) is 12.6 Å². The van der Waals surface area contributed by atoms with E-state index < -0.39 is 0 Å². The van der Waals surface area contributed by atoms with Crippen LogP contribution in [-0.4, -0.2) is 35.3 Å². The molecule has 2 rings (SSSR count). The molecular formula is C18H22ClN3OS. The summed E-state index contributed by atoms with van der Waals surface area (Å²) in [4.78, 5) is 6.29. The molecule has 1 aromatic heterocycles. The molecule has 1 aromatic carbocycles. The lowest BCUT2D eigenvalue weighted by Crippen LogP contribution is -2.39. The number of thiocarbonyl (C=S) groups is 1. The maximum absolute atomic E-state index is 6.10. The number of aromatic nitrogens is 1. The second kappa shape index (κ2) is 8.97. The lowest BCUT2D eigenvalue weighted by Gasteiger charge is -2.32. The van der Waals surface area contributed by atoms with E-state index in [0.29, 0.717) is 23.3 Å². The Hall–Kier alpha value is -1.69. The Balaban J connectivity index is 2.20. The Morgan fingerprint density at radius 3 is 2.88 bits per heavy atom. The van der Waals surface area contributed by atoms with Crippen LogP contribution >= 0.6 is 23.8 Å². The van der Waals surface area contributed by atoms with Gasteiger partial charge in [0.1, 0.15) is 0 Å². The molecule has 0 bridgehead atoms. The van der Waals surface area contributed by atoms with Gasteiger partial charge < -0.3 is 15.0 Å². The number of anilines is 1. The number of aryl methyl sites for hydroxylation is 1. The molecular weight excluding hydrogens is 342 g/mol. The fourth-order valence-electron chi connectivity index (χ4n) is 2.38. The van der Waals surface area contributed by atoms with Gasteiger partial charge in [-0.05, 0) is 55.4 Å². The zero-order valence-electron chi connectivity index (χ0n) is 14.1. The number of nitrogens with one attached hydrogen (secondary N) is 1. The van der Waals surface area contributed by atoms with E-state index in [2.05, 4.69) is 22.1 Å². The first-order chi connectivity index (χ1) is 11.5. The number of rotatable bonds is 6. The van der Waals surface area contributed by atoms with Gasteiger partial charge in [-0.15, -0.1) is 0 Å². The van der Waals surface area contributed by atoms with E-state index in [0.717, 1.165) is 16.8 Å². The molecule has 0 aliphatic rings.